The molecule has 20 heavy (non-hydrogen) atoms. The number of carbonyl (C=O) groups is 2. The van der Waals surface area contributed by atoms with Crippen molar-refractivity contribution in [1.29, 1.82) is 0 Å². The van der Waals surface area contributed by atoms with Crippen molar-refractivity contribution in [2.45, 2.75) is 13.3 Å². The molecule has 0 bridgehead atoms. The van der Waals surface area contributed by atoms with Gasteiger partial charge in [-0.25, -0.2) is 4.79 Å². The summed E-state index contributed by atoms with van der Waals surface area (Å²) >= 11 is 11.0. The Morgan fingerprint density at radius 2 is 1.80 bits per heavy atom. The SMILES string of the molecule is CC(CNC(=O)/C(Cl)=C(/Cl)C(=O)O)Cc1ccccc1. The zero-order valence-corrected chi connectivity index (χ0v) is 12.4. The maximum absolute atomic E-state index is 11.6. The van der Waals surface area contributed by atoms with Gasteiger partial charge in [-0.05, 0) is 17.9 Å². The monoisotopic (exact) mass is 315 g/mol. The van der Waals surface area contributed by atoms with E-state index in [1.165, 1.54) is 5.56 Å². The van der Waals surface area contributed by atoms with Gasteiger partial charge < -0.3 is 10.4 Å². The van der Waals surface area contributed by atoms with Crippen LogP contribution in [0.15, 0.2) is 40.4 Å². The molecule has 0 saturated carbocycles. The van der Waals surface area contributed by atoms with Crippen molar-refractivity contribution in [2.24, 2.45) is 5.92 Å². The molecule has 1 unspecified atom stereocenters. The van der Waals surface area contributed by atoms with Gasteiger partial charge in [0.2, 0.25) is 0 Å². The summed E-state index contributed by atoms with van der Waals surface area (Å²) < 4.78 is 0. The number of benzene rings is 1. The van der Waals surface area contributed by atoms with Crippen LogP contribution in [0.4, 0.5) is 0 Å². The van der Waals surface area contributed by atoms with Gasteiger partial charge in [-0.15, -0.1) is 0 Å². The predicted molar refractivity (Wildman–Crippen MR) is 78.7 cm³/mol. The summed E-state index contributed by atoms with van der Waals surface area (Å²) in [6.45, 7) is 2.36. The second-order valence-corrected chi connectivity index (χ2v) is 5.19. The number of carboxylic acid groups (broad SMARTS) is 1. The van der Waals surface area contributed by atoms with E-state index in [0.29, 0.717) is 6.54 Å². The first-order valence-electron chi connectivity index (χ1n) is 6.02. The van der Waals surface area contributed by atoms with Crippen LogP contribution in [0.2, 0.25) is 0 Å². The third-order valence-corrected chi connectivity index (χ3v) is 3.43. The number of rotatable bonds is 6. The molecule has 1 rings (SSSR count). The number of carbonyl (C=O) groups excluding carboxylic acids is 1. The molecular formula is C14H15Cl2NO3. The van der Waals surface area contributed by atoms with E-state index in [-0.39, 0.29) is 5.92 Å². The summed E-state index contributed by atoms with van der Waals surface area (Å²) in [5, 5.41) is 9.99. The van der Waals surface area contributed by atoms with Crippen LogP contribution in [0.3, 0.4) is 0 Å². The average Bonchev–Trinajstić information content (AvgIpc) is 2.44. The summed E-state index contributed by atoms with van der Waals surface area (Å²) in [6, 6.07) is 9.85. The largest absolute Gasteiger partial charge is 0.477 e. The van der Waals surface area contributed by atoms with Gasteiger partial charge in [0.15, 0.2) is 0 Å². The van der Waals surface area contributed by atoms with Crippen LogP contribution in [-0.2, 0) is 16.0 Å². The third-order valence-electron chi connectivity index (χ3n) is 2.62. The molecule has 0 spiro atoms. The standard InChI is InChI=1S/C14H15Cl2NO3/c1-9(7-10-5-3-2-4-6-10)8-17-13(18)11(15)12(16)14(19)20/h2-6,9H,7-8H2,1H3,(H,17,18)(H,19,20)/b12-11-. The molecule has 0 aliphatic heterocycles. The number of carboxylic acids is 1. The fourth-order valence-corrected chi connectivity index (χ4v) is 1.86. The Morgan fingerprint density at radius 1 is 1.20 bits per heavy atom. The van der Waals surface area contributed by atoms with E-state index in [4.69, 9.17) is 28.3 Å². The molecule has 0 aromatic heterocycles. The molecule has 108 valence electrons. The molecule has 0 aliphatic rings. The number of aliphatic carboxylic acids is 1. The maximum atomic E-state index is 11.6. The van der Waals surface area contributed by atoms with Crippen molar-refractivity contribution < 1.29 is 14.7 Å². The highest BCUT2D eigenvalue weighted by atomic mass is 35.5. The van der Waals surface area contributed by atoms with Crippen molar-refractivity contribution >= 4 is 35.1 Å². The Hall–Kier alpha value is -1.52. The summed E-state index contributed by atoms with van der Waals surface area (Å²) in [7, 11) is 0. The zero-order chi connectivity index (χ0) is 15.1. The van der Waals surface area contributed by atoms with Crippen LogP contribution in [0, 0.1) is 5.92 Å². The lowest BCUT2D eigenvalue weighted by Gasteiger charge is -2.12. The molecule has 0 fully saturated rings. The summed E-state index contributed by atoms with van der Waals surface area (Å²) in [6.07, 6.45) is 0.801. The van der Waals surface area contributed by atoms with Crippen molar-refractivity contribution in [3.8, 4) is 0 Å². The van der Waals surface area contributed by atoms with E-state index in [2.05, 4.69) is 5.32 Å². The minimum atomic E-state index is -1.43. The van der Waals surface area contributed by atoms with Crippen molar-refractivity contribution in [2.75, 3.05) is 6.54 Å². The molecule has 2 N–H and O–H groups in total. The number of halogens is 2. The van der Waals surface area contributed by atoms with Crippen LogP contribution in [-0.4, -0.2) is 23.5 Å². The lowest BCUT2D eigenvalue weighted by atomic mass is 10.0. The number of hydrogen-bond donors (Lipinski definition) is 2. The summed E-state index contributed by atoms with van der Waals surface area (Å²) in [5.41, 5.74) is 1.17. The van der Waals surface area contributed by atoms with Crippen LogP contribution < -0.4 is 5.32 Å². The Bertz CT molecular complexity index is 514. The van der Waals surface area contributed by atoms with Gasteiger partial charge in [-0.3, -0.25) is 4.79 Å². The predicted octanol–water partition coefficient (Wildman–Crippen LogP) is 2.76. The normalized spacial score (nSPS) is 13.3. The van der Waals surface area contributed by atoms with Gasteiger partial charge in [0.05, 0.1) is 0 Å². The van der Waals surface area contributed by atoms with Crippen LogP contribution in [0.25, 0.3) is 0 Å². The van der Waals surface area contributed by atoms with Gasteiger partial charge >= 0.3 is 5.97 Å². The molecule has 4 nitrogen and oxygen atoms in total. The first kappa shape index (κ1) is 16.5. The zero-order valence-electron chi connectivity index (χ0n) is 10.9. The molecule has 1 aromatic rings. The highest BCUT2D eigenvalue weighted by Crippen LogP contribution is 2.14. The van der Waals surface area contributed by atoms with Gasteiger partial charge in [0.25, 0.3) is 5.91 Å². The fourth-order valence-electron chi connectivity index (χ4n) is 1.63. The van der Waals surface area contributed by atoms with E-state index in [9.17, 15) is 9.59 Å². The molecular weight excluding hydrogens is 301 g/mol. The summed E-state index contributed by atoms with van der Waals surface area (Å²) in [4.78, 5) is 22.2. The first-order chi connectivity index (χ1) is 9.41. The van der Waals surface area contributed by atoms with E-state index in [1.54, 1.807) is 0 Å². The maximum Gasteiger partial charge on any atom is 0.349 e. The fraction of sp³-hybridized carbons (Fsp3) is 0.286. The van der Waals surface area contributed by atoms with E-state index >= 15 is 0 Å². The highest BCUT2D eigenvalue weighted by molar-refractivity contribution is 6.53. The number of amides is 1. The van der Waals surface area contributed by atoms with Gasteiger partial charge in [-0.1, -0.05) is 60.5 Å². The van der Waals surface area contributed by atoms with Gasteiger partial charge in [0.1, 0.15) is 10.1 Å². The molecule has 0 radical (unpaired) electrons. The highest BCUT2D eigenvalue weighted by Gasteiger charge is 2.17. The number of nitrogens with one attached hydrogen (secondary N) is 1. The lowest BCUT2D eigenvalue weighted by molar-refractivity contribution is -0.132. The first-order valence-corrected chi connectivity index (χ1v) is 6.78. The molecule has 0 heterocycles. The minimum Gasteiger partial charge on any atom is -0.477 e. The summed E-state index contributed by atoms with van der Waals surface area (Å²) in [5.74, 6) is -1.92. The Morgan fingerprint density at radius 3 is 2.35 bits per heavy atom. The van der Waals surface area contributed by atoms with Gasteiger partial charge in [0, 0.05) is 6.54 Å². The van der Waals surface area contributed by atoms with Crippen LogP contribution >= 0.6 is 23.2 Å². The van der Waals surface area contributed by atoms with Crippen LogP contribution in [0.1, 0.15) is 12.5 Å². The van der Waals surface area contributed by atoms with Crippen molar-refractivity contribution in [1.82, 2.24) is 5.32 Å². The Kier molecular flexibility index (Phi) is 6.55. The molecule has 1 amide bonds. The molecule has 1 atom stereocenters. The number of hydrogen-bond acceptors (Lipinski definition) is 2. The molecule has 0 aliphatic carbocycles. The second kappa shape index (κ2) is 7.92. The topological polar surface area (TPSA) is 66.4 Å². The van der Waals surface area contributed by atoms with Gasteiger partial charge in [-0.2, -0.15) is 0 Å². The molecule has 6 heteroatoms. The van der Waals surface area contributed by atoms with Crippen LogP contribution in [0.5, 0.6) is 0 Å². The van der Waals surface area contributed by atoms with E-state index in [0.717, 1.165) is 6.42 Å². The van der Waals surface area contributed by atoms with E-state index < -0.39 is 21.9 Å². The second-order valence-electron chi connectivity index (χ2n) is 4.44. The average molecular weight is 316 g/mol. The third kappa shape index (κ3) is 5.23. The quantitative estimate of drug-likeness (QED) is 0.793. The van der Waals surface area contributed by atoms with Crippen molar-refractivity contribution in [3.05, 3.63) is 46.0 Å². The molecule has 0 saturated heterocycles. The minimum absolute atomic E-state index is 0.189. The lowest BCUT2D eigenvalue weighted by Crippen LogP contribution is -2.29. The smallest absolute Gasteiger partial charge is 0.349 e. The Labute approximate surface area is 127 Å². The molecule has 1 aromatic carbocycles. The van der Waals surface area contributed by atoms with Crippen molar-refractivity contribution in [3.63, 3.8) is 0 Å². The van der Waals surface area contributed by atoms with E-state index in [1.807, 2.05) is 37.3 Å². The Balaban J connectivity index is 2.49.